The molecule has 2 aromatic rings. The van der Waals surface area contributed by atoms with Crippen molar-refractivity contribution in [2.45, 2.75) is 11.8 Å². The average Bonchev–Trinajstić information content (AvgIpc) is 2.41. The summed E-state index contributed by atoms with van der Waals surface area (Å²) in [6.45, 7) is 1.75. The summed E-state index contributed by atoms with van der Waals surface area (Å²) in [5.41, 5.74) is 6.72. The van der Waals surface area contributed by atoms with Gasteiger partial charge in [-0.3, -0.25) is 14.7 Å². The van der Waals surface area contributed by atoms with Crippen LogP contribution in [0.4, 0.5) is 5.69 Å². The van der Waals surface area contributed by atoms with E-state index in [1.54, 1.807) is 19.2 Å². The predicted octanol–water partition coefficient (Wildman–Crippen LogP) is 1.22. The summed E-state index contributed by atoms with van der Waals surface area (Å²) >= 11 is 4.82. The highest BCUT2D eigenvalue weighted by Crippen LogP contribution is 2.20. The van der Waals surface area contributed by atoms with Crippen LogP contribution in [0.1, 0.15) is 11.3 Å². The van der Waals surface area contributed by atoms with Gasteiger partial charge in [0.15, 0.2) is 0 Å². The normalized spacial score (nSPS) is 11.1. The average molecular weight is 308 g/mol. The number of nitrogens with two attached hydrogens (primary N) is 1. The molecule has 0 spiro atoms. The minimum Gasteiger partial charge on any atom is -0.388 e. The van der Waals surface area contributed by atoms with Gasteiger partial charge in [-0.25, -0.2) is 8.42 Å². The number of pyridine rings is 2. The molecule has 0 aliphatic carbocycles. The van der Waals surface area contributed by atoms with Gasteiger partial charge >= 0.3 is 0 Å². The van der Waals surface area contributed by atoms with Gasteiger partial charge in [0.2, 0.25) is 0 Å². The fraction of sp³-hybridized carbons (Fsp3) is 0.0833. The Hall–Kier alpha value is -2.06. The second-order valence-corrected chi connectivity index (χ2v) is 6.10. The third-order valence-electron chi connectivity index (χ3n) is 2.56. The van der Waals surface area contributed by atoms with Crippen LogP contribution in [0.2, 0.25) is 0 Å². The lowest BCUT2D eigenvalue weighted by atomic mass is 10.3. The number of thiocarbonyl (C=S) groups is 1. The van der Waals surface area contributed by atoms with E-state index in [1.807, 2.05) is 0 Å². The summed E-state index contributed by atoms with van der Waals surface area (Å²) in [5.74, 6) is 0. The zero-order chi connectivity index (χ0) is 14.8. The highest BCUT2D eigenvalue weighted by atomic mass is 32.2. The van der Waals surface area contributed by atoms with E-state index < -0.39 is 10.0 Å². The Kier molecular flexibility index (Phi) is 3.96. The van der Waals surface area contributed by atoms with E-state index in [0.717, 1.165) is 0 Å². The molecule has 3 N–H and O–H groups in total. The molecule has 0 aromatic carbocycles. The van der Waals surface area contributed by atoms with Gasteiger partial charge in [-0.1, -0.05) is 12.2 Å². The molecule has 104 valence electrons. The van der Waals surface area contributed by atoms with Crippen molar-refractivity contribution in [1.29, 1.82) is 0 Å². The molecule has 0 saturated carbocycles. The number of rotatable bonds is 4. The zero-order valence-electron chi connectivity index (χ0n) is 10.6. The fourth-order valence-corrected chi connectivity index (χ4v) is 3.11. The Morgan fingerprint density at radius 3 is 2.75 bits per heavy atom. The smallest absolute Gasteiger partial charge is 0.264 e. The molecule has 0 fully saturated rings. The number of nitrogens with one attached hydrogen (secondary N) is 1. The molecule has 0 radical (unpaired) electrons. The van der Waals surface area contributed by atoms with E-state index in [4.69, 9.17) is 18.0 Å². The Bertz CT molecular complexity index is 760. The molecule has 2 heterocycles. The van der Waals surface area contributed by atoms with E-state index in [-0.39, 0.29) is 15.6 Å². The molecule has 2 aromatic heterocycles. The number of nitrogens with zero attached hydrogens (tertiary/aromatic N) is 2. The molecule has 0 atom stereocenters. The van der Waals surface area contributed by atoms with Crippen molar-refractivity contribution in [3.63, 3.8) is 0 Å². The van der Waals surface area contributed by atoms with E-state index in [0.29, 0.717) is 11.3 Å². The Morgan fingerprint density at radius 1 is 1.35 bits per heavy atom. The summed E-state index contributed by atoms with van der Waals surface area (Å²) in [4.78, 5) is 7.69. The van der Waals surface area contributed by atoms with E-state index in [9.17, 15) is 8.42 Å². The Balaban J connectivity index is 2.47. The van der Waals surface area contributed by atoms with Gasteiger partial charge in [-0.15, -0.1) is 0 Å². The highest BCUT2D eigenvalue weighted by molar-refractivity contribution is 7.93. The molecule has 6 nitrogen and oxygen atoms in total. The minimum atomic E-state index is -3.82. The van der Waals surface area contributed by atoms with Crippen molar-refractivity contribution in [3.05, 3.63) is 48.0 Å². The number of anilines is 1. The van der Waals surface area contributed by atoms with Crippen LogP contribution < -0.4 is 10.5 Å². The quantitative estimate of drug-likeness (QED) is 0.824. The molecular weight excluding hydrogens is 296 g/mol. The van der Waals surface area contributed by atoms with Gasteiger partial charge < -0.3 is 5.73 Å². The van der Waals surface area contributed by atoms with Gasteiger partial charge in [0.05, 0.1) is 5.69 Å². The van der Waals surface area contributed by atoms with Crippen molar-refractivity contribution in [1.82, 2.24) is 9.97 Å². The maximum absolute atomic E-state index is 12.4. The first-order chi connectivity index (χ1) is 9.42. The predicted molar refractivity (Wildman–Crippen MR) is 79.9 cm³/mol. The van der Waals surface area contributed by atoms with Gasteiger partial charge in [-0.2, -0.15) is 0 Å². The monoisotopic (exact) mass is 308 g/mol. The standard InChI is InChI=1S/C12H12N4O2S2/c1-8-7-14-6-4-9(8)16-20(17,18)10-3-2-5-15-11(10)12(13)19/h2-7H,1H3,(H2,13,19)(H,14,16). The molecule has 2 rings (SSSR count). The van der Waals surface area contributed by atoms with Gasteiger partial charge in [0.25, 0.3) is 10.0 Å². The molecule has 8 heteroatoms. The third-order valence-corrected chi connectivity index (χ3v) is 4.15. The second-order valence-electron chi connectivity index (χ2n) is 4.01. The van der Waals surface area contributed by atoms with Crippen molar-refractivity contribution in [2.75, 3.05) is 4.72 Å². The Labute approximate surface area is 122 Å². The number of aromatic nitrogens is 2. The number of aryl methyl sites for hydroxylation is 1. The van der Waals surface area contributed by atoms with Crippen LogP contribution in [-0.2, 0) is 10.0 Å². The second kappa shape index (κ2) is 5.51. The number of hydrogen-bond donors (Lipinski definition) is 2. The fourth-order valence-electron chi connectivity index (χ4n) is 1.58. The van der Waals surface area contributed by atoms with Crippen molar-refractivity contribution < 1.29 is 8.42 Å². The van der Waals surface area contributed by atoms with Crippen molar-refractivity contribution in [3.8, 4) is 0 Å². The third kappa shape index (κ3) is 2.91. The maximum atomic E-state index is 12.4. The number of sulfonamides is 1. The summed E-state index contributed by atoms with van der Waals surface area (Å²) in [7, 11) is -3.82. The molecular formula is C12H12N4O2S2. The van der Waals surface area contributed by atoms with Gasteiger partial charge in [0, 0.05) is 18.6 Å². The largest absolute Gasteiger partial charge is 0.388 e. The van der Waals surface area contributed by atoms with E-state index in [1.165, 1.54) is 24.5 Å². The molecule has 0 amide bonds. The summed E-state index contributed by atoms with van der Waals surface area (Å²) in [5, 5.41) is 0. The van der Waals surface area contributed by atoms with Gasteiger partial charge in [-0.05, 0) is 30.7 Å². The Morgan fingerprint density at radius 2 is 2.10 bits per heavy atom. The SMILES string of the molecule is Cc1cnccc1NS(=O)(=O)c1cccnc1C(N)=S. The lowest BCUT2D eigenvalue weighted by Gasteiger charge is -2.12. The van der Waals surface area contributed by atoms with Crippen LogP contribution in [0.5, 0.6) is 0 Å². The highest BCUT2D eigenvalue weighted by Gasteiger charge is 2.21. The molecule has 0 aliphatic rings. The molecule has 0 saturated heterocycles. The first-order valence-electron chi connectivity index (χ1n) is 5.60. The van der Waals surface area contributed by atoms with Crippen LogP contribution >= 0.6 is 12.2 Å². The van der Waals surface area contributed by atoms with Crippen molar-refractivity contribution >= 4 is 32.9 Å². The minimum absolute atomic E-state index is 0.0521. The maximum Gasteiger partial charge on any atom is 0.264 e. The van der Waals surface area contributed by atoms with Crippen LogP contribution in [0, 0.1) is 6.92 Å². The van der Waals surface area contributed by atoms with Gasteiger partial charge in [0.1, 0.15) is 15.6 Å². The molecule has 20 heavy (non-hydrogen) atoms. The summed E-state index contributed by atoms with van der Waals surface area (Å²) in [6.07, 6.45) is 4.50. The lowest BCUT2D eigenvalue weighted by Crippen LogP contribution is -2.21. The van der Waals surface area contributed by atoms with E-state index >= 15 is 0 Å². The number of hydrogen-bond acceptors (Lipinski definition) is 5. The van der Waals surface area contributed by atoms with E-state index in [2.05, 4.69) is 14.7 Å². The molecule has 0 bridgehead atoms. The zero-order valence-corrected chi connectivity index (χ0v) is 12.2. The van der Waals surface area contributed by atoms with Crippen LogP contribution in [0.15, 0.2) is 41.7 Å². The topological polar surface area (TPSA) is 98.0 Å². The van der Waals surface area contributed by atoms with Crippen molar-refractivity contribution in [2.24, 2.45) is 5.73 Å². The summed E-state index contributed by atoms with van der Waals surface area (Å²) in [6, 6.07) is 4.49. The molecule has 0 unspecified atom stereocenters. The molecule has 0 aliphatic heterocycles. The van der Waals surface area contributed by atoms with Crippen LogP contribution in [-0.4, -0.2) is 23.4 Å². The first-order valence-corrected chi connectivity index (χ1v) is 7.49. The van der Waals surface area contributed by atoms with Crippen LogP contribution in [0.3, 0.4) is 0 Å². The summed E-state index contributed by atoms with van der Waals surface area (Å²) < 4.78 is 27.3. The lowest BCUT2D eigenvalue weighted by molar-refractivity contribution is 0.600. The first kappa shape index (κ1) is 14.4. The van der Waals surface area contributed by atoms with Crippen LogP contribution in [0.25, 0.3) is 0 Å².